The Labute approximate surface area is 124 Å². The van der Waals surface area contributed by atoms with Gasteiger partial charge in [0.25, 0.3) is 0 Å². The number of methoxy groups -OCH3 is 1. The number of benzene rings is 1. The summed E-state index contributed by atoms with van der Waals surface area (Å²) in [5.74, 6) is 0.886. The summed E-state index contributed by atoms with van der Waals surface area (Å²) in [6.07, 6.45) is 7.01. The van der Waals surface area contributed by atoms with Crippen molar-refractivity contribution in [2.24, 2.45) is 0 Å². The lowest BCUT2D eigenvalue weighted by Crippen LogP contribution is -2.07. The highest BCUT2D eigenvalue weighted by atomic mass is 32.2. The lowest BCUT2D eigenvalue weighted by Gasteiger charge is -2.19. The van der Waals surface area contributed by atoms with Crippen LogP contribution in [0.2, 0.25) is 0 Å². The van der Waals surface area contributed by atoms with Crippen LogP contribution >= 0.6 is 11.8 Å². The molecule has 0 aliphatic heterocycles. The fourth-order valence-corrected chi connectivity index (χ4v) is 3.45. The van der Waals surface area contributed by atoms with Gasteiger partial charge in [-0.05, 0) is 67.8 Å². The number of ether oxygens (including phenoxy) is 1. The van der Waals surface area contributed by atoms with Gasteiger partial charge in [-0.3, -0.25) is 4.98 Å². The van der Waals surface area contributed by atoms with Crippen LogP contribution in [0, 0.1) is 0 Å². The Balaban J connectivity index is 2.04. The molecule has 0 atom stereocenters. The molecule has 20 heavy (non-hydrogen) atoms. The number of fused-ring (bicyclic) bond motifs is 1. The van der Waals surface area contributed by atoms with Crippen LogP contribution in [-0.4, -0.2) is 18.3 Å². The van der Waals surface area contributed by atoms with Crippen molar-refractivity contribution in [3.05, 3.63) is 41.6 Å². The summed E-state index contributed by atoms with van der Waals surface area (Å²) in [6, 6.07) is 10.4. The molecule has 1 heterocycles. The van der Waals surface area contributed by atoms with Crippen molar-refractivity contribution >= 4 is 11.8 Å². The van der Waals surface area contributed by atoms with Crippen LogP contribution in [-0.2, 0) is 12.8 Å². The highest BCUT2D eigenvalue weighted by Crippen LogP contribution is 2.33. The molecule has 0 unspecified atom stereocenters. The van der Waals surface area contributed by atoms with Crippen molar-refractivity contribution in [2.75, 3.05) is 13.4 Å². The van der Waals surface area contributed by atoms with Gasteiger partial charge < -0.3 is 4.74 Å². The molecule has 0 spiro atoms. The average molecular weight is 285 g/mol. The first-order valence-corrected chi connectivity index (χ1v) is 8.25. The van der Waals surface area contributed by atoms with Crippen molar-refractivity contribution in [1.29, 1.82) is 0 Å². The number of hydrogen-bond acceptors (Lipinski definition) is 3. The molecule has 0 fully saturated rings. The third-order valence-corrected chi connectivity index (χ3v) is 4.67. The molecule has 0 saturated heterocycles. The van der Waals surface area contributed by atoms with Gasteiger partial charge in [0.2, 0.25) is 0 Å². The first-order valence-electron chi connectivity index (χ1n) is 7.03. The van der Waals surface area contributed by atoms with E-state index in [1.807, 2.05) is 23.9 Å². The third-order valence-electron chi connectivity index (χ3n) is 3.87. The number of pyridine rings is 1. The maximum atomic E-state index is 5.22. The van der Waals surface area contributed by atoms with E-state index in [0.717, 1.165) is 23.4 Å². The third kappa shape index (κ3) is 2.55. The van der Waals surface area contributed by atoms with Crippen molar-refractivity contribution in [1.82, 2.24) is 4.98 Å². The van der Waals surface area contributed by atoms with E-state index in [2.05, 4.69) is 24.5 Å². The predicted octanol–water partition coefficient (Wildman–Crippen LogP) is 4.36. The molecule has 0 amide bonds. The minimum atomic E-state index is 0.886. The smallest absolute Gasteiger partial charge is 0.118 e. The standard InChI is InChI=1S/C17H19NOS/c1-19-13-9-7-12(8-10-13)16-11-17(20-2)14-5-3-4-6-15(14)18-16/h7-11H,3-6H2,1-2H3. The zero-order valence-electron chi connectivity index (χ0n) is 12.0. The van der Waals surface area contributed by atoms with Crippen LogP contribution in [0.1, 0.15) is 24.1 Å². The number of rotatable bonds is 3. The Hall–Kier alpha value is -1.48. The number of hydrogen-bond donors (Lipinski definition) is 0. The monoisotopic (exact) mass is 285 g/mol. The van der Waals surface area contributed by atoms with Crippen LogP contribution in [0.25, 0.3) is 11.3 Å². The molecular weight excluding hydrogens is 266 g/mol. The normalized spacial score (nSPS) is 13.9. The highest BCUT2D eigenvalue weighted by Gasteiger charge is 2.16. The second kappa shape index (κ2) is 5.88. The Bertz CT molecular complexity index is 590. The highest BCUT2D eigenvalue weighted by molar-refractivity contribution is 7.98. The zero-order chi connectivity index (χ0) is 13.9. The van der Waals surface area contributed by atoms with Crippen LogP contribution in [0.5, 0.6) is 5.75 Å². The summed E-state index contributed by atoms with van der Waals surface area (Å²) < 4.78 is 5.22. The van der Waals surface area contributed by atoms with Gasteiger partial charge in [0, 0.05) is 16.2 Å². The lowest BCUT2D eigenvalue weighted by atomic mass is 9.95. The predicted molar refractivity (Wildman–Crippen MR) is 84.6 cm³/mol. The fraction of sp³-hybridized carbons (Fsp3) is 0.353. The summed E-state index contributed by atoms with van der Waals surface area (Å²) in [7, 11) is 1.69. The van der Waals surface area contributed by atoms with Crippen molar-refractivity contribution < 1.29 is 4.74 Å². The fourth-order valence-electron chi connectivity index (χ4n) is 2.76. The summed E-state index contributed by atoms with van der Waals surface area (Å²) in [5.41, 5.74) is 5.02. The molecular formula is C17H19NOS. The van der Waals surface area contributed by atoms with Crippen LogP contribution in [0.3, 0.4) is 0 Å². The van der Waals surface area contributed by atoms with E-state index >= 15 is 0 Å². The van der Waals surface area contributed by atoms with Gasteiger partial charge >= 0.3 is 0 Å². The Morgan fingerprint density at radius 3 is 2.55 bits per heavy atom. The number of aromatic nitrogens is 1. The lowest BCUT2D eigenvalue weighted by molar-refractivity contribution is 0.415. The van der Waals surface area contributed by atoms with Gasteiger partial charge in [0.1, 0.15) is 5.75 Å². The van der Waals surface area contributed by atoms with E-state index in [1.54, 1.807) is 7.11 Å². The van der Waals surface area contributed by atoms with Crippen molar-refractivity contribution in [2.45, 2.75) is 30.6 Å². The molecule has 0 N–H and O–H groups in total. The van der Waals surface area contributed by atoms with Crippen molar-refractivity contribution in [3.8, 4) is 17.0 Å². The second-order valence-electron chi connectivity index (χ2n) is 5.07. The molecule has 3 rings (SSSR count). The molecule has 0 radical (unpaired) electrons. The number of nitrogens with zero attached hydrogens (tertiary/aromatic N) is 1. The maximum Gasteiger partial charge on any atom is 0.118 e. The summed E-state index contributed by atoms with van der Waals surface area (Å²) in [6.45, 7) is 0. The molecule has 1 aliphatic carbocycles. The molecule has 0 saturated carbocycles. The average Bonchev–Trinajstić information content (AvgIpc) is 2.54. The van der Waals surface area contributed by atoms with Gasteiger partial charge in [-0.2, -0.15) is 0 Å². The maximum absolute atomic E-state index is 5.22. The molecule has 0 bridgehead atoms. The van der Waals surface area contributed by atoms with Crippen LogP contribution < -0.4 is 4.74 Å². The van der Waals surface area contributed by atoms with Gasteiger partial charge in [0.15, 0.2) is 0 Å². The van der Waals surface area contributed by atoms with Crippen molar-refractivity contribution in [3.63, 3.8) is 0 Å². The summed E-state index contributed by atoms with van der Waals surface area (Å²) in [4.78, 5) is 6.28. The number of thioether (sulfide) groups is 1. The first kappa shape index (κ1) is 13.5. The topological polar surface area (TPSA) is 22.1 Å². The quantitative estimate of drug-likeness (QED) is 0.782. The van der Waals surface area contributed by atoms with Gasteiger partial charge in [-0.1, -0.05) is 0 Å². The minimum absolute atomic E-state index is 0.886. The SMILES string of the molecule is COc1ccc(-c2cc(SC)c3c(n2)CCCC3)cc1. The van der Waals surface area contributed by atoms with E-state index in [9.17, 15) is 0 Å². The van der Waals surface area contributed by atoms with Gasteiger partial charge in [0.05, 0.1) is 12.8 Å². The first-order chi connectivity index (χ1) is 9.81. The molecule has 3 heteroatoms. The largest absolute Gasteiger partial charge is 0.497 e. The van der Waals surface area contributed by atoms with E-state index in [4.69, 9.17) is 9.72 Å². The number of aryl methyl sites for hydroxylation is 1. The Morgan fingerprint density at radius 1 is 1.10 bits per heavy atom. The van der Waals surface area contributed by atoms with E-state index in [0.29, 0.717) is 0 Å². The van der Waals surface area contributed by atoms with E-state index in [1.165, 1.54) is 35.4 Å². The zero-order valence-corrected chi connectivity index (χ0v) is 12.8. The van der Waals surface area contributed by atoms with Crippen LogP contribution in [0.4, 0.5) is 0 Å². The second-order valence-corrected chi connectivity index (χ2v) is 5.92. The molecule has 1 aliphatic rings. The molecule has 1 aromatic carbocycles. The molecule has 2 nitrogen and oxygen atoms in total. The van der Waals surface area contributed by atoms with Crippen LogP contribution in [0.15, 0.2) is 35.2 Å². The van der Waals surface area contributed by atoms with Gasteiger partial charge in [-0.25, -0.2) is 0 Å². The molecule has 1 aromatic heterocycles. The van der Waals surface area contributed by atoms with E-state index in [-0.39, 0.29) is 0 Å². The summed E-state index contributed by atoms with van der Waals surface area (Å²) in [5, 5.41) is 0. The van der Waals surface area contributed by atoms with Gasteiger partial charge in [-0.15, -0.1) is 11.8 Å². The summed E-state index contributed by atoms with van der Waals surface area (Å²) >= 11 is 1.84. The van der Waals surface area contributed by atoms with E-state index < -0.39 is 0 Å². The minimum Gasteiger partial charge on any atom is -0.497 e. The molecule has 2 aromatic rings. The Kier molecular flexibility index (Phi) is 3.97. The Morgan fingerprint density at radius 2 is 1.85 bits per heavy atom. The molecule has 104 valence electrons.